The van der Waals surface area contributed by atoms with Crippen LogP contribution in [0.15, 0.2) is 71.4 Å². The van der Waals surface area contributed by atoms with E-state index in [0.717, 1.165) is 10.6 Å². The summed E-state index contributed by atoms with van der Waals surface area (Å²) in [7, 11) is 0. The van der Waals surface area contributed by atoms with Crippen LogP contribution >= 0.6 is 34.5 Å². The maximum Gasteiger partial charge on any atom is 0.248 e. The number of hydrogen-bond acceptors (Lipinski definition) is 6. The molecule has 7 nitrogen and oxygen atoms in total. The van der Waals surface area contributed by atoms with Crippen LogP contribution in [0, 0.1) is 0 Å². The molecule has 0 unspecified atom stereocenters. The Hall–Kier alpha value is -3.46. The van der Waals surface area contributed by atoms with Crippen LogP contribution in [0.25, 0.3) is 32.9 Å². The summed E-state index contributed by atoms with van der Waals surface area (Å²) in [5, 5.41) is 16.7. The molecule has 2 aromatic carbocycles. The minimum absolute atomic E-state index is 0.293. The summed E-state index contributed by atoms with van der Waals surface area (Å²) in [6.45, 7) is 0. The monoisotopic (exact) mass is 481 g/mol. The standard InChI is InChI=1S/C22H13Cl2N5O2S/c23-17-6-2-5-16(20(17)24)18-9-7-15(31-18)8-10-19(30)26-14-4-1-3-13(11-14)21-28-29-12-25-27-22(29)32-21/h1-12H,(H,26,30)/b10-8+. The molecule has 5 aromatic rings. The summed E-state index contributed by atoms with van der Waals surface area (Å²) in [4.78, 5) is 13.1. The van der Waals surface area contributed by atoms with Gasteiger partial charge < -0.3 is 9.73 Å². The summed E-state index contributed by atoms with van der Waals surface area (Å²) in [6.07, 6.45) is 4.54. The molecule has 0 aliphatic heterocycles. The van der Waals surface area contributed by atoms with Crippen LogP contribution in [0.5, 0.6) is 0 Å². The first kappa shape index (κ1) is 20.4. The van der Waals surface area contributed by atoms with Gasteiger partial charge in [-0.3, -0.25) is 4.79 Å². The SMILES string of the molecule is O=C(/C=C/c1ccc(-c2cccc(Cl)c2Cl)o1)Nc1cccc(-c2nn3cnnc3s2)c1. The van der Waals surface area contributed by atoms with Crippen molar-refractivity contribution >= 4 is 57.2 Å². The van der Waals surface area contributed by atoms with E-state index < -0.39 is 0 Å². The molecule has 0 saturated carbocycles. The van der Waals surface area contributed by atoms with Crippen molar-refractivity contribution in [2.75, 3.05) is 5.32 Å². The van der Waals surface area contributed by atoms with E-state index in [4.69, 9.17) is 27.6 Å². The number of nitrogens with zero attached hydrogens (tertiary/aromatic N) is 4. The van der Waals surface area contributed by atoms with Gasteiger partial charge in [0.15, 0.2) is 0 Å². The number of halogens is 2. The Morgan fingerprint density at radius 2 is 2.00 bits per heavy atom. The van der Waals surface area contributed by atoms with Crippen molar-refractivity contribution in [3.8, 4) is 21.9 Å². The molecule has 32 heavy (non-hydrogen) atoms. The molecule has 1 N–H and O–H groups in total. The maximum absolute atomic E-state index is 12.4. The molecule has 5 rings (SSSR count). The van der Waals surface area contributed by atoms with E-state index in [1.807, 2.05) is 30.3 Å². The fourth-order valence-corrected chi connectivity index (χ4v) is 4.24. The molecule has 3 heterocycles. The number of hydrogen-bond donors (Lipinski definition) is 1. The predicted molar refractivity (Wildman–Crippen MR) is 126 cm³/mol. The maximum atomic E-state index is 12.4. The Morgan fingerprint density at radius 3 is 2.88 bits per heavy atom. The van der Waals surface area contributed by atoms with Gasteiger partial charge in [0, 0.05) is 22.9 Å². The Labute approximate surface area is 195 Å². The molecular weight excluding hydrogens is 469 g/mol. The summed E-state index contributed by atoms with van der Waals surface area (Å²) in [6, 6.07) is 16.3. The minimum Gasteiger partial charge on any atom is -0.457 e. The zero-order chi connectivity index (χ0) is 22.1. The third kappa shape index (κ3) is 4.16. The second-order valence-corrected chi connectivity index (χ2v) is 8.41. The predicted octanol–water partition coefficient (Wildman–Crippen LogP) is 6.07. The third-order valence-corrected chi connectivity index (χ3v) is 6.29. The molecule has 0 aliphatic carbocycles. The van der Waals surface area contributed by atoms with Crippen molar-refractivity contribution in [1.82, 2.24) is 19.8 Å². The van der Waals surface area contributed by atoms with Gasteiger partial charge in [0.1, 0.15) is 22.9 Å². The number of fused-ring (bicyclic) bond motifs is 1. The van der Waals surface area contributed by atoms with E-state index in [-0.39, 0.29) is 5.91 Å². The number of carbonyl (C=O) groups is 1. The van der Waals surface area contributed by atoms with Crippen molar-refractivity contribution < 1.29 is 9.21 Å². The highest BCUT2D eigenvalue weighted by atomic mass is 35.5. The third-order valence-electron chi connectivity index (χ3n) is 4.51. The van der Waals surface area contributed by atoms with Gasteiger partial charge in [-0.25, -0.2) is 0 Å². The van der Waals surface area contributed by atoms with Crippen molar-refractivity contribution in [3.05, 3.63) is 82.8 Å². The van der Waals surface area contributed by atoms with E-state index in [1.54, 1.807) is 41.2 Å². The topological polar surface area (TPSA) is 85.3 Å². The zero-order valence-corrected chi connectivity index (χ0v) is 18.5. The summed E-state index contributed by atoms with van der Waals surface area (Å²) in [5.41, 5.74) is 2.20. The van der Waals surface area contributed by atoms with Gasteiger partial charge in [-0.2, -0.15) is 9.61 Å². The summed E-state index contributed by atoms with van der Waals surface area (Å²) in [5.74, 6) is 0.786. The highest BCUT2D eigenvalue weighted by Crippen LogP contribution is 2.34. The molecule has 1 amide bonds. The van der Waals surface area contributed by atoms with Crippen LogP contribution in [-0.4, -0.2) is 25.7 Å². The Morgan fingerprint density at radius 1 is 1.12 bits per heavy atom. The van der Waals surface area contributed by atoms with E-state index in [2.05, 4.69) is 20.6 Å². The number of rotatable bonds is 5. The lowest BCUT2D eigenvalue weighted by Gasteiger charge is -2.03. The highest BCUT2D eigenvalue weighted by Gasteiger charge is 2.11. The first-order valence-electron chi connectivity index (χ1n) is 9.37. The highest BCUT2D eigenvalue weighted by molar-refractivity contribution is 7.19. The number of anilines is 1. The lowest BCUT2D eigenvalue weighted by Crippen LogP contribution is -2.07. The van der Waals surface area contributed by atoms with Gasteiger partial charge in [0.25, 0.3) is 0 Å². The van der Waals surface area contributed by atoms with Crippen LogP contribution < -0.4 is 5.32 Å². The van der Waals surface area contributed by atoms with Crippen molar-refractivity contribution in [1.29, 1.82) is 0 Å². The molecule has 3 aromatic heterocycles. The molecule has 0 fully saturated rings. The molecular formula is C22H13Cl2N5O2S. The van der Waals surface area contributed by atoms with E-state index in [1.165, 1.54) is 17.4 Å². The van der Waals surface area contributed by atoms with Crippen LogP contribution in [0.3, 0.4) is 0 Å². The van der Waals surface area contributed by atoms with Crippen molar-refractivity contribution in [2.45, 2.75) is 0 Å². The molecule has 158 valence electrons. The van der Waals surface area contributed by atoms with Gasteiger partial charge in [-0.1, -0.05) is 52.7 Å². The van der Waals surface area contributed by atoms with Gasteiger partial charge in [0.05, 0.1) is 10.0 Å². The first-order valence-corrected chi connectivity index (χ1v) is 10.9. The Bertz CT molecular complexity index is 1440. The number of furan rings is 1. The van der Waals surface area contributed by atoms with Crippen molar-refractivity contribution in [3.63, 3.8) is 0 Å². The van der Waals surface area contributed by atoms with Gasteiger partial charge >= 0.3 is 0 Å². The molecule has 0 spiro atoms. The smallest absolute Gasteiger partial charge is 0.248 e. The van der Waals surface area contributed by atoms with Crippen LogP contribution in [0.1, 0.15) is 5.76 Å². The van der Waals surface area contributed by atoms with Gasteiger partial charge in [-0.15, -0.1) is 10.2 Å². The average Bonchev–Trinajstić information content (AvgIpc) is 3.51. The fourth-order valence-electron chi connectivity index (χ4n) is 3.03. The van der Waals surface area contributed by atoms with E-state index in [0.29, 0.717) is 37.8 Å². The Kier molecular flexibility index (Phi) is 5.48. The normalized spacial score (nSPS) is 11.4. The minimum atomic E-state index is -0.293. The Balaban J connectivity index is 1.28. The number of aromatic nitrogens is 4. The quantitative estimate of drug-likeness (QED) is 0.307. The van der Waals surface area contributed by atoms with E-state index in [9.17, 15) is 4.79 Å². The molecule has 0 atom stereocenters. The van der Waals surface area contributed by atoms with Crippen molar-refractivity contribution in [2.24, 2.45) is 0 Å². The fraction of sp³-hybridized carbons (Fsp3) is 0. The number of carbonyl (C=O) groups excluding carboxylic acids is 1. The molecule has 0 aliphatic rings. The molecule has 0 radical (unpaired) electrons. The second kappa shape index (κ2) is 8.58. The number of amides is 1. The average molecular weight is 482 g/mol. The summed E-state index contributed by atoms with van der Waals surface area (Å²) >= 11 is 13.7. The lowest BCUT2D eigenvalue weighted by atomic mass is 10.2. The second-order valence-electron chi connectivity index (χ2n) is 6.67. The largest absolute Gasteiger partial charge is 0.457 e. The summed E-state index contributed by atoms with van der Waals surface area (Å²) < 4.78 is 7.39. The van der Waals surface area contributed by atoms with Gasteiger partial charge in [-0.05, 0) is 42.5 Å². The molecule has 0 saturated heterocycles. The number of nitrogens with one attached hydrogen (secondary N) is 1. The van der Waals surface area contributed by atoms with E-state index >= 15 is 0 Å². The van der Waals surface area contributed by atoms with Crippen LogP contribution in [-0.2, 0) is 4.79 Å². The first-order chi connectivity index (χ1) is 15.6. The molecule has 0 bridgehead atoms. The van der Waals surface area contributed by atoms with Gasteiger partial charge in [0.2, 0.25) is 10.9 Å². The number of benzene rings is 2. The lowest BCUT2D eigenvalue weighted by molar-refractivity contribution is -0.111. The zero-order valence-electron chi connectivity index (χ0n) is 16.2. The van der Waals surface area contributed by atoms with Crippen LogP contribution in [0.2, 0.25) is 10.0 Å². The van der Waals surface area contributed by atoms with Crippen LogP contribution in [0.4, 0.5) is 5.69 Å². The molecule has 10 heteroatoms.